The Hall–Kier alpha value is -2.86. The Bertz CT molecular complexity index is 886. The molecule has 1 aliphatic carbocycles. The topological polar surface area (TPSA) is 61.9 Å². The van der Waals surface area contributed by atoms with Crippen molar-refractivity contribution in [3.8, 4) is 5.75 Å². The lowest BCUT2D eigenvalue weighted by Gasteiger charge is -2.40. The maximum Gasteiger partial charge on any atom is 0.260 e. The summed E-state index contributed by atoms with van der Waals surface area (Å²) in [6.07, 6.45) is 4.56. The number of rotatable bonds is 7. The number of hydrogen-bond acceptors (Lipinski definition) is 4. The second-order valence-corrected chi connectivity index (χ2v) is 8.86. The molecule has 1 saturated heterocycles. The molecular weight excluding hydrogens is 402 g/mol. The minimum absolute atomic E-state index is 0.00461. The van der Waals surface area contributed by atoms with Gasteiger partial charge in [-0.15, -0.1) is 0 Å². The van der Waals surface area contributed by atoms with Crippen molar-refractivity contribution in [1.29, 1.82) is 0 Å². The maximum absolute atomic E-state index is 13.3. The van der Waals surface area contributed by atoms with Crippen molar-refractivity contribution in [3.63, 3.8) is 0 Å². The van der Waals surface area contributed by atoms with Crippen LogP contribution in [0.3, 0.4) is 0 Å². The first-order valence-corrected chi connectivity index (χ1v) is 11.7. The van der Waals surface area contributed by atoms with E-state index >= 15 is 0 Å². The molecule has 2 fully saturated rings. The summed E-state index contributed by atoms with van der Waals surface area (Å²) >= 11 is 0. The van der Waals surface area contributed by atoms with Crippen LogP contribution in [0.5, 0.6) is 5.75 Å². The highest BCUT2D eigenvalue weighted by Gasteiger charge is 2.37. The third-order valence-electron chi connectivity index (χ3n) is 6.60. The molecule has 170 valence electrons. The second kappa shape index (κ2) is 10.6. The third kappa shape index (κ3) is 5.68. The standard InChI is InChI=1S/C26H33N3O3/c1-20-11-13-22(14-12-20)27-26(31)25(21-7-5-6-8-21)29-17-15-28(16-18-29)24(30)19-32-23-9-3-2-4-10-23/h2-4,9-14,21,25H,5-8,15-19H2,1H3,(H,27,31)/t25-/m0/s1. The van der Waals surface area contributed by atoms with Crippen LogP contribution in [-0.4, -0.2) is 60.4 Å². The highest BCUT2D eigenvalue weighted by molar-refractivity contribution is 5.95. The van der Waals surface area contributed by atoms with E-state index in [9.17, 15) is 9.59 Å². The van der Waals surface area contributed by atoms with Gasteiger partial charge in [-0.3, -0.25) is 14.5 Å². The van der Waals surface area contributed by atoms with E-state index in [1.165, 1.54) is 18.4 Å². The Morgan fingerprint density at radius 1 is 0.969 bits per heavy atom. The number of carbonyl (C=O) groups excluding carboxylic acids is 2. The molecule has 6 heteroatoms. The van der Waals surface area contributed by atoms with Gasteiger partial charge < -0.3 is 15.0 Å². The van der Waals surface area contributed by atoms with Crippen LogP contribution < -0.4 is 10.1 Å². The summed E-state index contributed by atoms with van der Waals surface area (Å²) in [6.45, 7) is 4.75. The van der Waals surface area contributed by atoms with Gasteiger partial charge >= 0.3 is 0 Å². The van der Waals surface area contributed by atoms with Crippen LogP contribution in [0.4, 0.5) is 5.69 Å². The van der Waals surface area contributed by atoms with Crippen molar-refractivity contribution >= 4 is 17.5 Å². The Labute approximate surface area is 190 Å². The molecule has 1 aliphatic heterocycles. The van der Waals surface area contributed by atoms with Crippen LogP contribution in [-0.2, 0) is 9.59 Å². The first kappa shape index (κ1) is 22.3. The SMILES string of the molecule is Cc1ccc(NC(=O)[C@H](C2CCCC2)N2CCN(C(=O)COc3ccccc3)CC2)cc1. The van der Waals surface area contributed by atoms with Crippen molar-refractivity contribution in [2.45, 2.75) is 38.6 Å². The van der Waals surface area contributed by atoms with E-state index in [4.69, 9.17) is 4.74 Å². The van der Waals surface area contributed by atoms with Crippen molar-refractivity contribution in [1.82, 2.24) is 9.80 Å². The predicted molar refractivity (Wildman–Crippen MR) is 126 cm³/mol. The molecule has 1 saturated carbocycles. The Morgan fingerprint density at radius 3 is 2.28 bits per heavy atom. The zero-order valence-corrected chi connectivity index (χ0v) is 18.8. The van der Waals surface area contributed by atoms with Crippen LogP contribution in [0.25, 0.3) is 0 Å². The second-order valence-electron chi connectivity index (χ2n) is 8.86. The molecule has 0 bridgehead atoms. The van der Waals surface area contributed by atoms with E-state index < -0.39 is 0 Å². The number of amides is 2. The number of benzene rings is 2. The van der Waals surface area contributed by atoms with Gasteiger partial charge in [0.05, 0.1) is 6.04 Å². The number of anilines is 1. The summed E-state index contributed by atoms with van der Waals surface area (Å²) in [5, 5.41) is 3.13. The first-order valence-electron chi connectivity index (χ1n) is 11.7. The van der Waals surface area contributed by atoms with Crippen LogP contribution in [0, 0.1) is 12.8 Å². The highest BCUT2D eigenvalue weighted by atomic mass is 16.5. The molecule has 6 nitrogen and oxygen atoms in total. The monoisotopic (exact) mass is 435 g/mol. The molecule has 1 N–H and O–H groups in total. The molecule has 0 spiro atoms. The predicted octanol–water partition coefficient (Wildman–Crippen LogP) is 3.72. The van der Waals surface area contributed by atoms with E-state index in [0.717, 1.165) is 18.5 Å². The van der Waals surface area contributed by atoms with Crippen LogP contribution in [0.1, 0.15) is 31.2 Å². The molecule has 1 heterocycles. The lowest BCUT2D eigenvalue weighted by Crippen LogP contribution is -2.57. The van der Waals surface area contributed by atoms with Gasteiger partial charge in [0.25, 0.3) is 5.91 Å². The normalized spacial score (nSPS) is 18.3. The number of hydrogen-bond donors (Lipinski definition) is 1. The van der Waals surface area contributed by atoms with Gasteiger partial charge in [-0.25, -0.2) is 0 Å². The molecule has 2 amide bonds. The summed E-state index contributed by atoms with van der Waals surface area (Å²) in [7, 11) is 0. The van der Waals surface area contributed by atoms with E-state index in [0.29, 0.717) is 37.8 Å². The van der Waals surface area contributed by atoms with E-state index in [1.54, 1.807) is 0 Å². The third-order valence-corrected chi connectivity index (χ3v) is 6.60. The zero-order valence-electron chi connectivity index (χ0n) is 18.8. The van der Waals surface area contributed by atoms with Crippen molar-refractivity contribution in [3.05, 3.63) is 60.2 Å². The first-order chi connectivity index (χ1) is 15.6. The van der Waals surface area contributed by atoms with Gasteiger partial charge in [-0.05, 0) is 49.9 Å². The summed E-state index contributed by atoms with van der Waals surface area (Å²) < 4.78 is 5.62. The molecule has 0 aromatic heterocycles. The number of aryl methyl sites for hydroxylation is 1. The molecule has 2 aromatic carbocycles. The molecule has 2 aromatic rings. The summed E-state index contributed by atoms with van der Waals surface area (Å²) in [5.74, 6) is 1.15. The van der Waals surface area contributed by atoms with Gasteiger partial charge in [0, 0.05) is 31.9 Å². The van der Waals surface area contributed by atoms with E-state index in [2.05, 4.69) is 10.2 Å². The van der Waals surface area contributed by atoms with Crippen molar-refractivity contribution in [2.75, 3.05) is 38.1 Å². The molecule has 0 radical (unpaired) electrons. The number of ether oxygens (including phenoxy) is 1. The van der Waals surface area contributed by atoms with Crippen LogP contribution in [0.2, 0.25) is 0 Å². The van der Waals surface area contributed by atoms with E-state index in [-0.39, 0.29) is 24.5 Å². The number of piperazine rings is 1. The molecule has 2 aliphatic rings. The Balaban J connectivity index is 1.34. The van der Waals surface area contributed by atoms with Gasteiger partial charge in [0.2, 0.25) is 5.91 Å². The molecule has 32 heavy (non-hydrogen) atoms. The lowest BCUT2D eigenvalue weighted by molar-refractivity contribution is -0.136. The number of nitrogens with one attached hydrogen (secondary N) is 1. The lowest BCUT2D eigenvalue weighted by atomic mass is 9.95. The largest absolute Gasteiger partial charge is 0.484 e. The average molecular weight is 436 g/mol. The molecular formula is C26H33N3O3. The smallest absolute Gasteiger partial charge is 0.260 e. The average Bonchev–Trinajstić information content (AvgIpc) is 3.34. The van der Waals surface area contributed by atoms with Gasteiger partial charge in [0.15, 0.2) is 6.61 Å². The summed E-state index contributed by atoms with van der Waals surface area (Å²) in [4.78, 5) is 30.0. The van der Waals surface area contributed by atoms with Crippen LogP contribution >= 0.6 is 0 Å². The Kier molecular flexibility index (Phi) is 7.43. The fraction of sp³-hybridized carbons (Fsp3) is 0.462. The molecule has 1 atom stereocenters. The van der Waals surface area contributed by atoms with E-state index in [1.807, 2.05) is 66.4 Å². The summed E-state index contributed by atoms with van der Waals surface area (Å²) in [5.41, 5.74) is 2.02. The van der Waals surface area contributed by atoms with Gasteiger partial charge in [-0.2, -0.15) is 0 Å². The quantitative estimate of drug-likeness (QED) is 0.720. The summed E-state index contributed by atoms with van der Waals surface area (Å²) in [6, 6.07) is 17.2. The molecule has 0 unspecified atom stereocenters. The Morgan fingerprint density at radius 2 is 1.62 bits per heavy atom. The van der Waals surface area contributed by atoms with Crippen molar-refractivity contribution < 1.29 is 14.3 Å². The fourth-order valence-electron chi connectivity index (χ4n) is 4.81. The van der Waals surface area contributed by atoms with Crippen molar-refractivity contribution in [2.24, 2.45) is 5.92 Å². The zero-order chi connectivity index (χ0) is 22.3. The van der Waals surface area contributed by atoms with Crippen LogP contribution in [0.15, 0.2) is 54.6 Å². The van der Waals surface area contributed by atoms with Gasteiger partial charge in [0.1, 0.15) is 5.75 Å². The number of nitrogens with zero attached hydrogens (tertiary/aromatic N) is 2. The minimum Gasteiger partial charge on any atom is -0.484 e. The maximum atomic E-state index is 13.3. The fourth-order valence-corrected chi connectivity index (χ4v) is 4.81. The van der Waals surface area contributed by atoms with Gasteiger partial charge in [-0.1, -0.05) is 48.7 Å². The molecule has 4 rings (SSSR count). The number of carbonyl (C=O) groups is 2. The number of para-hydroxylation sites is 1. The highest BCUT2D eigenvalue weighted by Crippen LogP contribution is 2.31. The minimum atomic E-state index is -0.142.